The van der Waals surface area contributed by atoms with Crippen LogP contribution in [-0.2, 0) is 30.4 Å². The van der Waals surface area contributed by atoms with Crippen LogP contribution in [0.5, 0.6) is 0 Å². The van der Waals surface area contributed by atoms with E-state index in [4.69, 9.17) is 9.47 Å². The SMILES string of the molecule is C=C(NC(=O)[C@@H]1[C@@H](C)OC(C)(C)N1C(=O)OCc1ccccc1)C(=O)OC. The minimum atomic E-state index is -1.07. The molecule has 8 nitrogen and oxygen atoms in total. The smallest absolute Gasteiger partial charge is 0.413 e. The zero-order chi connectivity index (χ0) is 20.2. The molecule has 1 aromatic carbocycles. The molecule has 1 heterocycles. The van der Waals surface area contributed by atoms with Crippen molar-refractivity contribution in [3.8, 4) is 0 Å². The van der Waals surface area contributed by atoms with Gasteiger partial charge in [0.2, 0.25) is 5.91 Å². The van der Waals surface area contributed by atoms with Crippen LogP contribution in [0.2, 0.25) is 0 Å². The molecule has 0 spiro atoms. The standard InChI is InChI=1S/C19H24N2O6/c1-12(17(23)25-5)20-16(22)15-13(2)27-19(3,4)21(15)18(24)26-11-14-9-7-6-8-10-14/h6-10,13,15H,1,11H2,2-5H3,(H,20,22)/t13-,15+/m1/s1. The van der Waals surface area contributed by atoms with Crippen LogP contribution in [0.25, 0.3) is 0 Å². The first-order valence-electron chi connectivity index (χ1n) is 8.43. The highest BCUT2D eigenvalue weighted by Crippen LogP contribution is 2.33. The molecule has 1 aliphatic heterocycles. The number of hydrogen-bond donors (Lipinski definition) is 1. The van der Waals surface area contributed by atoms with E-state index < -0.39 is 35.8 Å². The molecule has 1 aromatic rings. The van der Waals surface area contributed by atoms with Gasteiger partial charge >= 0.3 is 12.1 Å². The quantitative estimate of drug-likeness (QED) is 0.624. The van der Waals surface area contributed by atoms with Crippen molar-refractivity contribution < 1.29 is 28.6 Å². The number of carbonyl (C=O) groups is 3. The van der Waals surface area contributed by atoms with Crippen LogP contribution < -0.4 is 5.32 Å². The first-order chi connectivity index (χ1) is 12.7. The Kier molecular flexibility index (Phi) is 6.22. The number of benzene rings is 1. The molecule has 1 saturated heterocycles. The minimum Gasteiger partial charge on any atom is -0.464 e. The molecular weight excluding hydrogens is 352 g/mol. The lowest BCUT2D eigenvalue weighted by Crippen LogP contribution is -2.54. The summed E-state index contributed by atoms with van der Waals surface area (Å²) < 4.78 is 15.6. The molecule has 2 atom stereocenters. The summed E-state index contributed by atoms with van der Waals surface area (Å²) in [5.41, 5.74) is -0.476. The number of amides is 2. The predicted molar refractivity (Wildman–Crippen MR) is 96.2 cm³/mol. The average molecular weight is 376 g/mol. The van der Waals surface area contributed by atoms with Crippen molar-refractivity contribution in [2.75, 3.05) is 7.11 Å². The number of nitrogens with one attached hydrogen (secondary N) is 1. The summed E-state index contributed by atoms with van der Waals surface area (Å²) in [5.74, 6) is -1.38. The monoisotopic (exact) mass is 376 g/mol. The fraction of sp³-hybridized carbons (Fsp3) is 0.421. The second-order valence-electron chi connectivity index (χ2n) is 6.58. The first-order valence-corrected chi connectivity index (χ1v) is 8.43. The molecule has 0 aromatic heterocycles. The summed E-state index contributed by atoms with van der Waals surface area (Å²) in [6, 6.07) is 8.19. The molecule has 0 saturated carbocycles. The number of rotatable bonds is 5. The lowest BCUT2D eigenvalue weighted by atomic mass is 10.1. The van der Waals surface area contributed by atoms with Crippen molar-refractivity contribution >= 4 is 18.0 Å². The Morgan fingerprint density at radius 2 is 1.89 bits per heavy atom. The summed E-state index contributed by atoms with van der Waals surface area (Å²) in [7, 11) is 1.18. The van der Waals surface area contributed by atoms with Crippen LogP contribution in [0, 0.1) is 0 Å². The third kappa shape index (κ3) is 4.65. The number of methoxy groups -OCH3 is 1. The molecule has 1 aliphatic rings. The van der Waals surface area contributed by atoms with E-state index in [0.29, 0.717) is 0 Å². The Bertz CT molecular complexity index is 731. The molecule has 2 rings (SSSR count). The largest absolute Gasteiger partial charge is 0.464 e. The topological polar surface area (TPSA) is 94.2 Å². The molecule has 1 fully saturated rings. The van der Waals surface area contributed by atoms with Gasteiger partial charge in [-0.3, -0.25) is 9.69 Å². The maximum atomic E-state index is 12.7. The highest BCUT2D eigenvalue weighted by atomic mass is 16.6. The summed E-state index contributed by atoms with van der Waals surface area (Å²) in [6.07, 6.45) is -1.31. The van der Waals surface area contributed by atoms with Crippen molar-refractivity contribution in [2.24, 2.45) is 0 Å². The van der Waals surface area contributed by atoms with Gasteiger partial charge in [0, 0.05) is 0 Å². The van der Waals surface area contributed by atoms with Crippen molar-refractivity contribution in [3.05, 3.63) is 48.2 Å². The van der Waals surface area contributed by atoms with Crippen LogP contribution in [0.15, 0.2) is 42.6 Å². The van der Waals surface area contributed by atoms with Crippen molar-refractivity contribution in [1.29, 1.82) is 0 Å². The third-order valence-corrected chi connectivity index (χ3v) is 4.15. The van der Waals surface area contributed by atoms with Crippen molar-refractivity contribution in [2.45, 2.75) is 45.2 Å². The molecule has 0 unspecified atom stereocenters. The zero-order valence-electron chi connectivity index (χ0n) is 15.9. The van der Waals surface area contributed by atoms with Crippen LogP contribution in [0.3, 0.4) is 0 Å². The molecule has 27 heavy (non-hydrogen) atoms. The second-order valence-corrected chi connectivity index (χ2v) is 6.58. The maximum Gasteiger partial charge on any atom is 0.413 e. The maximum absolute atomic E-state index is 12.7. The van der Waals surface area contributed by atoms with Gasteiger partial charge in [-0.05, 0) is 26.3 Å². The number of esters is 1. The van der Waals surface area contributed by atoms with E-state index in [1.165, 1.54) is 12.0 Å². The van der Waals surface area contributed by atoms with Crippen molar-refractivity contribution in [3.63, 3.8) is 0 Å². The lowest BCUT2D eigenvalue weighted by Gasteiger charge is -2.32. The molecule has 8 heteroatoms. The fourth-order valence-corrected chi connectivity index (χ4v) is 2.97. The van der Waals surface area contributed by atoms with E-state index in [0.717, 1.165) is 5.56 Å². The minimum absolute atomic E-state index is 0.0594. The lowest BCUT2D eigenvalue weighted by molar-refractivity contribution is -0.138. The van der Waals surface area contributed by atoms with Crippen LogP contribution >= 0.6 is 0 Å². The van der Waals surface area contributed by atoms with E-state index in [1.54, 1.807) is 20.8 Å². The van der Waals surface area contributed by atoms with Crippen LogP contribution in [0.4, 0.5) is 4.79 Å². The Morgan fingerprint density at radius 3 is 2.48 bits per heavy atom. The van der Waals surface area contributed by atoms with E-state index in [2.05, 4.69) is 16.6 Å². The van der Waals surface area contributed by atoms with Gasteiger partial charge in [-0.25, -0.2) is 9.59 Å². The summed E-state index contributed by atoms with van der Waals surface area (Å²) in [5, 5.41) is 2.36. The Morgan fingerprint density at radius 1 is 1.26 bits per heavy atom. The number of ether oxygens (including phenoxy) is 3. The van der Waals surface area contributed by atoms with Gasteiger partial charge < -0.3 is 19.5 Å². The molecule has 146 valence electrons. The van der Waals surface area contributed by atoms with Gasteiger partial charge in [0.25, 0.3) is 0 Å². The van der Waals surface area contributed by atoms with E-state index in [1.807, 2.05) is 30.3 Å². The molecule has 0 bridgehead atoms. The second kappa shape index (κ2) is 8.22. The molecular formula is C19H24N2O6. The van der Waals surface area contributed by atoms with Gasteiger partial charge in [0.1, 0.15) is 24.1 Å². The number of nitrogens with zero attached hydrogens (tertiary/aromatic N) is 1. The van der Waals surface area contributed by atoms with Gasteiger partial charge in [-0.1, -0.05) is 36.9 Å². The van der Waals surface area contributed by atoms with Crippen LogP contribution in [-0.4, -0.2) is 47.9 Å². The Hall–Kier alpha value is -2.87. The highest BCUT2D eigenvalue weighted by molar-refractivity contribution is 5.96. The predicted octanol–water partition coefficient (Wildman–Crippen LogP) is 1.95. The molecule has 1 N–H and O–H groups in total. The van der Waals surface area contributed by atoms with Crippen molar-refractivity contribution in [1.82, 2.24) is 10.2 Å². The summed E-state index contributed by atoms with van der Waals surface area (Å²) in [6.45, 7) is 8.51. The normalized spacial score (nSPS) is 20.7. The van der Waals surface area contributed by atoms with E-state index >= 15 is 0 Å². The van der Waals surface area contributed by atoms with E-state index in [-0.39, 0.29) is 12.3 Å². The van der Waals surface area contributed by atoms with Gasteiger partial charge in [0.15, 0.2) is 0 Å². The van der Waals surface area contributed by atoms with E-state index in [9.17, 15) is 14.4 Å². The number of carbonyl (C=O) groups excluding carboxylic acids is 3. The molecule has 2 amide bonds. The zero-order valence-corrected chi connectivity index (χ0v) is 15.9. The van der Waals surface area contributed by atoms with Gasteiger partial charge in [-0.15, -0.1) is 0 Å². The highest BCUT2D eigenvalue weighted by Gasteiger charge is 2.52. The average Bonchev–Trinajstić information content (AvgIpc) is 2.88. The Labute approximate surface area is 158 Å². The fourth-order valence-electron chi connectivity index (χ4n) is 2.97. The van der Waals surface area contributed by atoms with Gasteiger partial charge in [0.05, 0.1) is 13.2 Å². The molecule has 0 aliphatic carbocycles. The molecule has 0 radical (unpaired) electrons. The summed E-state index contributed by atoms with van der Waals surface area (Å²) in [4.78, 5) is 38.0. The third-order valence-electron chi connectivity index (χ3n) is 4.15. The first kappa shape index (κ1) is 20.4. The number of hydrogen-bond acceptors (Lipinski definition) is 6. The Balaban J connectivity index is 2.14. The van der Waals surface area contributed by atoms with Gasteiger partial charge in [-0.2, -0.15) is 0 Å². The van der Waals surface area contributed by atoms with Crippen LogP contribution in [0.1, 0.15) is 26.3 Å². The summed E-state index contributed by atoms with van der Waals surface area (Å²) >= 11 is 0.